The van der Waals surface area contributed by atoms with Crippen LogP contribution in [0.3, 0.4) is 0 Å². The lowest BCUT2D eigenvalue weighted by Crippen LogP contribution is -2.46. The van der Waals surface area contributed by atoms with Gasteiger partial charge in [-0.1, -0.05) is 16.8 Å². The minimum Gasteiger partial charge on any atom is -0.487 e. The summed E-state index contributed by atoms with van der Waals surface area (Å²) in [6, 6.07) is 6.73. The summed E-state index contributed by atoms with van der Waals surface area (Å²) in [6.07, 6.45) is -2.85. The lowest BCUT2D eigenvalue weighted by Gasteiger charge is -2.25. The third-order valence-corrected chi connectivity index (χ3v) is 7.07. The van der Waals surface area contributed by atoms with E-state index in [0.717, 1.165) is 10.6 Å². The van der Waals surface area contributed by atoms with Gasteiger partial charge in [-0.25, -0.2) is 19.0 Å². The largest absolute Gasteiger partial charge is 0.487 e. The van der Waals surface area contributed by atoms with E-state index in [-0.39, 0.29) is 18.1 Å². The van der Waals surface area contributed by atoms with Crippen LogP contribution in [-0.4, -0.2) is 50.5 Å². The van der Waals surface area contributed by atoms with Crippen molar-refractivity contribution in [2.24, 2.45) is 0 Å². The van der Waals surface area contributed by atoms with Crippen molar-refractivity contribution in [1.29, 1.82) is 0 Å². The second-order valence-corrected chi connectivity index (χ2v) is 10.9. The lowest BCUT2D eigenvalue weighted by molar-refractivity contribution is -0.120. The summed E-state index contributed by atoms with van der Waals surface area (Å²) >= 11 is 6.50. The van der Waals surface area contributed by atoms with Crippen LogP contribution in [0.15, 0.2) is 46.1 Å². The van der Waals surface area contributed by atoms with Gasteiger partial charge in [0.2, 0.25) is 5.75 Å². The lowest BCUT2D eigenvalue weighted by atomic mass is 10.0. The number of rotatable bonds is 11. The third-order valence-electron chi connectivity index (χ3n) is 5.01. The Balaban J connectivity index is 1.73. The van der Waals surface area contributed by atoms with Crippen LogP contribution in [-0.2, 0) is 18.5 Å². The Kier molecular flexibility index (Phi) is 9.05. The second kappa shape index (κ2) is 11.5. The van der Waals surface area contributed by atoms with Crippen LogP contribution < -0.4 is 26.0 Å². The van der Waals surface area contributed by atoms with Gasteiger partial charge in [-0.05, 0) is 46.8 Å². The fourth-order valence-corrected chi connectivity index (χ4v) is 5.06. The topological polar surface area (TPSA) is 150 Å². The zero-order chi connectivity index (χ0) is 26.7. The summed E-state index contributed by atoms with van der Waals surface area (Å²) in [4.78, 5) is 30.6. The third kappa shape index (κ3) is 6.57. The molecular formula is C22H29ClN3O9P. The maximum Gasteiger partial charge on any atom is 0.442 e. The van der Waals surface area contributed by atoms with Crippen LogP contribution in [0.1, 0.15) is 27.0 Å². The first-order chi connectivity index (χ1) is 16.8. The molecule has 1 aliphatic heterocycles. The smallest absolute Gasteiger partial charge is 0.442 e. The van der Waals surface area contributed by atoms with E-state index >= 15 is 0 Å². The van der Waals surface area contributed by atoms with E-state index in [1.807, 2.05) is 0 Å². The molecule has 0 spiro atoms. The predicted molar refractivity (Wildman–Crippen MR) is 131 cm³/mol. The number of aliphatic hydroxyl groups excluding tert-OH is 1. The Morgan fingerprint density at radius 1 is 1.28 bits per heavy atom. The number of nitrogens with one attached hydrogen (secondary N) is 2. The molecule has 1 aromatic heterocycles. The van der Waals surface area contributed by atoms with Crippen molar-refractivity contribution in [3.05, 3.63) is 71.2 Å². The minimum atomic E-state index is -3.94. The molecule has 0 saturated carbocycles. The number of aliphatic hydroxyl groups is 1. The van der Waals surface area contributed by atoms with E-state index in [9.17, 15) is 19.3 Å². The van der Waals surface area contributed by atoms with Gasteiger partial charge in [-0.15, -0.1) is 11.6 Å². The fraction of sp³-hybridized carbons (Fsp3) is 0.455. The van der Waals surface area contributed by atoms with E-state index in [1.54, 1.807) is 26.0 Å². The average molecular weight is 546 g/mol. The zero-order valence-electron chi connectivity index (χ0n) is 20.0. The molecule has 12 nitrogen and oxygen atoms in total. The van der Waals surface area contributed by atoms with Crippen molar-refractivity contribution in [2.75, 3.05) is 6.61 Å². The molecule has 5 atom stereocenters. The van der Waals surface area contributed by atoms with Crippen molar-refractivity contribution in [2.45, 2.75) is 56.2 Å². The Bertz CT molecular complexity index is 1160. The predicted octanol–water partition coefficient (Wildman–Crippen LogP) is 2.34. The van der Waals surface area contributed by atoms with Crippen LogP contribution in [0, 0.1) is 13.8 Å². The maximum atomic E-state index is 12.9. The molecule has 1 unspecified atom stereocenters. The van der Waals surface area contributed by atoms with Gasteiger partial charge in [-0.2, -0.15) is 0 Å². The summed E-state index contributed by atoms with van der Waals surface area (Å²) in [7, 11) is -3.94. The molecule has 2 heterocycles. The van der Waals surface area contributed by atoms with Gasteiger partial charge in [0.1, 0.15) is 23.7 Å². The normalized spacial score (nSPS) is 25.8. The van der Waals surface area contributed by atoms with Gasteiger partial charge in [-0.3, -0.25) is 9.32 Å². The standard InChI is InChI=1S/C22H29ClN3O9P/c1-13(2)25-36(30,34-14(3)4)35-33-16-9-7-6-8-15(16)31-12-17-19(28)22(5,23)20(32-17)26-18(27)10-11-24-21(26)29/h6-11,13-14,17,19-20,28H,1-2,12H2,3-5H3,(H,24,29)(H,25,30)/t17-,19-,20-,22-,36?/m1/s1. The van der Waals surface area contributed by atoms with Crippen molar-refractivity contribution < 1.29 is 33.2 Å². The molecule has 1 aromatic carbocycles. The van der Waals surface area contributed by atoms with E-state index < -0.39 is 54.5 Å². The molecule has 3 rings (SSSR count). The molecule has 1 aliphatic rings. The van der Waals surface area contributed by atoms with Crippen LogP contribution in [0.25, 0.3) is 0 Å². The Labute approximate surface area is 212 Å². The highest BCUT2D eigenvalue weighted by atomic mass is 35.5. The number of aromatic amines is 1. The number of para-hydroxylation sites is 2. The number of H-pyrrole nitrogens is 1. The molecule has 14 heteroatoms. The van der Waals surface area contributed by atoms with Gasteiger partial charge < -0.3 is 24.5 Å². The Morgan fingerprint density at radius 3 is 2.56 bits per heavy atom. The second-order valence-electron chi connectivity index (χ2n) is 8.51. The molecular weight excluding hydrogens is 517 g/mol. The number of nitrogens with zero attached hydrogens (tertiary/aromatic N) is 1. The Hall–Kier alpha value is -2.18. The first-order valence-electron chi connectivity index (χ1n) is 11.0. The van der Waals surface area contributed by atoms with Gasteiger partial charge in [0.05, 0.1) is 6.10 Å². The summed E-state index contributed by atoms with van der Waals surface area (Å²) in [5.74, 6) is 0.199. The number of benzene rings is 1. The van der Waals surface area contributed by atoms with Crippen molar-refractivity contribution >= 4 is 19.3 Å². The summed E-state index contributed by atoms with van der Waals surface area (Å²) in [5, 5.41) is 13.3. The molecule has 1 fully saturated rings. The van der Waals surface area contributed by atoms with Crippen molar-refractivity contribution in [3.63, 3.8) is 0 Å². The highest BCUT2D eigenvalue weighted by molar-refractivity contribution is 7.51. The van der Waals surface area contributed by atoms with E-state index in [1.165, 1.54) is 25.3 Å². The number of hydrogen-bond donors (Lipinski definition) is 3. The Morgan fingerprint density at radius 2 is 1.94 bits per heavy atom. The molecule has 3 N–H and O–H groups in total. The number of aromatic nitrogens is 2. The first-order valence-corrected chi connectivity index (χ1v) is 12.9. The SMILES string of the molecule is [CH2]C([CH2])NP(=O)(OOc1ccccc1OC[C@H]1O[C@@H](n2c(=O)cc[nH]c2=O)[C@](C)(Cl)[C@@H]1O)OC(C)C. The zero-order valence-corrected chi connectivity index (χ0v) is 21.6. The highest BCUT2D eigenvalue weighted by Crippen LogP contribution is 2.47. The monoisotopic (exact) mass is 545 g/mol. The van der Waals surface area contributed by atoms with E-state index in [4.69, 9.17) is 35.2 Å². The van der Waals surface area contributed by atoms with E-state index in [0.29, 0.717) is 0 Å². The van der Waals surface area contributed by atoms with Crippen LogP contribution >= 0.6 is 19.3 Å². The summed E-state index contributed by atoms with van der Waals surface area (Å²) in [6.45, 7) is 11.8. The van der Waals surface area contributed by atoms with Gasteiger partial charge in [0.25, 0.3) is 5.56 Å². The number of hydrogen-bond acceptors (Lipinski definition) is 9. The fourth-order valence-electron chi connectivity index (χ4n) is 3.45. The van der Waals surface area contributed by atoms with Gasteiger partial charge >= 0.3 is 13.4 Å². The van der Waals surface area contributed by atoms with Crippen molar-refractivity contribution in [3.8, 4) is 11.5 Å². The molecule has 2 aromatic rings. The van der Waals surface area contributed by atoms with Gasteiger partial charge in [0.15, 0.2) is 12.0 Å². The quantitative estimate of drug-likeness (QED) is 0.166. The first kappa shape index (κ1) is 28.4. The molecule has 0 bridgehead atoms. The number of alkyl halides is 1. The summed E-state index contributed by atoms with van der Waals surface area (Å²) < 4.78 is 35.6. The van der Waals surface area contributed by atoms with Crippen LogP contribution in [0.5, 0.6) is 11.5 Å². The molecule has 1 saturated heterocycles. The number of halogens is 1. The van der Waals surface area contributed by atoms with Crippen LogP contribution in [0.4, 0.5) is 0 Å². The minimum absolute atomic E-state index is 0.0463. The summed E-state index contributed by atoms with van der Waals surface area (Å²) in [5.41, 5.74) is -1.38. The molecule has 198 valence electrons. The molecule has 0 amide bonds. The van der Waals surface area contributed by atoms with Crippen molar-refractivity contribution in [1.82, 2.24) is 14.6 Å². The highest BCUT2D eigenvalue weighted by Gasteiger charge is 2.54. The van der Waals surface area contributed by atoms with Crippen LogP contribution in [0.2, 0.25) is 0 Å². The van der Waals surface area contributed by atoms with E-state index in [2.05, 4.69) is 23.9 Å². The maximum absolute atomic E-state index is 12.9. The molecule has 36 heavy (non-hydrogen) atoms. The number of ether oxygens (including phenoxy) is 2. The average Bonchev–Trinajstić information content (AvgIpc) is 2.99. The molecule has 0 aliphatic carbocycles. The van der Waals surface area contributed by atoms with Gasteiger partial charge in [0, 0.05) is 18.3 Å². The molecule has 2 radical (unpaired) electrons.